The molecule has 23 heavy (non-hydrogen) atoms. The van der Waals surface area contributed by atoms with E-state index in [9.17, 15) is 14.0 Å². The molecule has 0 spiro atoms. The second-order valence-corrected chi connectivity index (χ2v) is 6.09. The van der Waals surface area contributed by atoms with E-state index in [0.717, 1.165) is 6.42 Å². The summed E-state index contributed by atoms with van der Waals surface area (Å²) in [5.41, 5.74) is 0.456. The molecule has 1 heterocycles. The molecule has 122 valence electrons. The molecule has 0 saturated carbocycles. The fourth-order valence-electron chi connectivity index (χ4n) is 1.95. The first kappa shape index (κ1) is 17.1. The van der Waals surface area contributed by atoms with Crippen LogP contribution < -0.4 is 5.32 Å². The number of halogens is 1. The van der Waals surface area contributed by atoms with Gasteiger partial charge in [-0.3, -0.25) is 9.59 Å². The molecule has 6 heteroatoms. The third-order valence-corrected chi connectivity index (χ3v) is 4.11. The fourth-order valence-corrected chi connectivity index (χ4v) is 2.70. The predicted molar refractivity (Wildman–Crippen MR) is 87.8 cm³/mol. The molecule has 0 saturated heterocycles. The quantitative estimate of drug-likeness (QED) is 0.784. The molecule has 1 aromatic carbocycles. The minimum absolute atomic E-state index is 0.270. The lowest BCUT2D eigenvalue weighted by Gasteiger charge is -2.13. The summed E-state index contributed by atoms with van der Waals surface area (Å²) in [6, 6.07) is 9.38. The Morgan fingerprint density at radius 3 is 2.65 bits per heavy atom. The zero-order chi connectivity index (χ0) is 16.7. The maximum absolute atomic E-state index is 12.8. The topological polar surface area (TPSA) is 55.4 Å². The average Bonchev–Trinajstić information content (AvgIpc) is 3.02. The molecule has 0 aliphatic carbocycles. The van der Waals surface area contributed by atoms with E-state index in [0.29, 0.717) is 12.1 Å². The normalized spacial score (nSPS) is 11.7. The Bertz CT molecular complexity index is 640. The van der Waals surface area contributed by atoms with Crippen molar-refractivity contribution in [2.75, 3.05) is 5.32 Å². The van der Waals surface area contributed by atoms with Gasteiger partial charge in [0, 0.05) is 17.0 Å². The van der Waals surface area contributed by atoms with Crippen molar-refractivity contribution in [2.24, 2.45) is 0 Å². The van der Waals surface area contributed by atoms with Crippen LogP contribution in [0.3, 0.4) is 0 Å². The van der Waals surface area contributed by atoms with Gasteiger partial charge in [-0.25, -0.2) is 4.39 Å². The molecule has 0 bridgehead atoms. The lowest BCUT2D eigenvalue weighted by molar-refractivity contribution is -0.153. The first-order valence-corrected chi connectivity index (χ1v) is 8.21. The molecule has 4 nitrogen and oxygen atoms in total. The van der Waals surface area contributed by atoms with Gasteiger partial charge in [0.2, 0.25) is 0 Å². The molecule has 1 N–H and O–H groups in total. The molecule has 2 aromatic rings. The number of amides is 1. The van der Waals surface area contributed by atoms with Gasteiger partial charge in [0.1, 0.15) is 5.82 Å². The number of hydrogen-bond acceptors (Lipinski definition) is 4. The SMILES string of the molecule is C[C@@H](OC(=O)CCCc1cccs1)C(=O)Nc1ccc(F)cc1. The largest absolute Gasteiger partial charge is 0.453 e. The zero-order valence-electron chi connectivity index (χ0n) is 12.8. The van der Waals surface area contributed by atoms with E-state index in [2.05, 4.69) is 5.32 Å². The Hall–Kier alpha value is -2.21. The molecule has 1 atom stereocenters. The van der Waals surface area contributed by atoms with Gasteiger partial charge >= 0.3 is 5.97 Å². The monoisotopic (exact) mass is 335 g/mol. The van der Waals surface area contributed by atoms with Crippen molar-refractivity contribution >= 4 is 28.9 Å². The van der Waals surface area contributed by atoms with Crippen LogP contribution >= 0.6 is 11.3 Å². The highest BCUT2D eigenvalue weighted by Crippen LogP contribution is 2.13. The van der Waals surface area contributed by atoms with Crippen molar-refractivity contribution in [3.63, 3.8) is 0 Å². The second-order valence-electron chi connectivity index (χ2n) is 5.06. The summed E-state index contributed by atoms with van der Waals surface area (Å²) < 4.78 is 17.9. The van der Waals surface area contributed by atoms with E-state index < -0.39 is 18.0 Å². The van der Waals surface area contributed by atoms with Crippen LogP contribution in [0.5, 0.6) is 0 Å². The highest BCUT2D eigenvalue weighted by Gasteiger charge is 2.17. The molecule has 0 unspecified atom stereocenters. The number of benzene rings is 1. The van der Waals surface area contributed by atoms with Crippen molar-refractivity contribution in [1.29, 1.82) is 0 Å². The van der Waals surface area contributed by atoms with E-state index in [4.69, 9.17) is 4.74 Å². The number of ether oxygens (including phenoxy) is 1. The summed E-state index contributed by atoms with van der Waals surface area (Å²) in [6.07, 6.45) is 0.884. The molecule has 0 aliphatic heterocycles. The number of aryl methyl sites for hydroxylation is 1. The van der Waals surface area contributed by atoms with Gasteiger partial charge in [0.15, 0.2) is 6.10 Å². The van der Waals surface area contributed by atoms with E-state index >= 15 is 0 Å². The molecule has 0 radical (unpaired) electrons. The minimum Gasteiger partial charge on any atom is -0.453 e. The third kappa shape index (κ3) is 5.83. The number of carbonyl (C=O) groups excluding carboxylic acids is 2. The summed E-state index contributed by atoms with van der Waals surface area (Å²) >= 11 is 1.65. The molecular formula is C17H18FNO3S. The Morgan fingerprint density at radius 1 is 1.26 bits per heavy atom. The van der Waals surface area contributed by atoms with E-state index in [1.54, 1.807) is 11.3 Å². The molecule has 0 aliphatic rings. The van der Waals surface area contributed by atoms with E-state index in [-0.39, 0.29) is 12.2 Å². The van der Waals surface area contributed by atoms with Crippen molar-refractivity contribution in [3.05, 3.63) is 52.5 Å². The van der Waals surface area contributed by atoms with Crippen LogP contribution in [0.25, 0.3) is 0 Å². The predicted octanol–water partition coefficient (Wildman–Crippen LogP) is 3.78. The van der Waals surface area contributed by atoms with Crippen molar-refractivity contribution in [3.8, 4) is 0 Å². The van der Waals surface area contributed by atoms with Gasteiger partial charge in [-0.2, -0.15) is 0 Å². The van der Waals surface area contributed by atoms with E-state index in [1.165, 1.54) is 36.1 Å². The van der Waals surface area contributed by atoms with Crippen LogP contribution in [0.15, 0.2) is 41.8 Å². The molecular weight excluding hydrogens is 317 g/mol. The van der Waals surface area contributed by atoms with Crippen LogP contribution in [0.4, 0.5) is 10.1 Å². The summed E-state index contributed by atoms with van der Waals surface area (Å²) in [4.78, 5) is 24.9. The second kappa shape index (κ2) is 8.43. The van der Waals surface area contributed by atoms with Crippen LogP contribution in [0.2, 0.25) is 0 Å². The summed E-state index contributed by atoms with van der Waals surface area (Å²) in [6.45, 7) is 1.51. The number of nitrogens with one attached hydrogen (secondary N) is 1. The number of hydrogen-bond donors (Lipinski definition) is 1. The maximum atomic E-state index is 12.8. The average molecular weight is 335 g/mol. The highest BCUT2D eigenvalue weighted by atomic mass is 32.1. The number of carbonyl (C=O) groups is 2. The summed E-state index contributed by atoms with van der Waals surface area (Å²) in [5, 5.41) is 4.57. The van der Waals surface area contributed by atoms with Crippen molar-refractivity contribution < 1.29 is 18.7 Å². The molecule has 1 amide bonds. The Labute approximate surface area is 138 Å². The van der Waals surface area contributed by atoms with Gasteiger partial charge in [-0.15, -0.1) is 11.3 Å². The first-order chi connectivity index (χ1) is 11.0. The minimum atomic E-state index is -0.894. The van der Waals surface area contributed by atoms with Gasteiger partial charge in [0.25, 0.3) is 5.91 Å². The van der Waals surface area contributed by atoms with Crippen molar-refractivity contribution in [2.45, 2.75) is 32.3 Å². The van der Waals surface area contributed by atoms with Crippen LogP contribution in [0, 0.1) is 5.82 Å². The van der Waals surface area contributed by atoms with Crippen molar-refractivity contribution in [1.82, 2.24) is 0 Å². The van der Waals surface area contributed by atoms with Crippen LogP contribution in [-0.4, -0.2) is 18.0 Å². The lowest BCUT2D eigenvalue weighted by atomic mass is 10.2. The third-order valence-electron chi connectivity index (χ3n) is 3.17. The first-order valence-electron chi connectivity index (χ1n) is 7.33. The molecule has 0 fully saturated rings. The Kier molecular flexibility index (Phi) is 6.29. The lowest BCUT2D eigenvalue weighted by Crippen LogP contribution is -2.29. The van der Waals surface area contributed by atoms with Crippen LogP contribution in [-0.2, 0) is 20.7 Å². The van der Waals surface area contributed by atoms with Gasteiger partial charge in [0.05, 0.1) is 0 Å². The van der Waals surface area contributed by atoms with E-state index in [1.807, 2.05) is 17.5 Å². The standard InChI is InChI=1S/C17H18FNO3S/c1-12(17(21)19-14-9-7-13(18)8-10-14)22-16(20)6-2-4-15-5-3-11-23-15/h3,5,7-12H,2,4,6H2,1H3,(H,19,21)/t12-/m1/s1. The maximum Gasteiger partial charge on any atom is 0.306 e. The zero-order valence-corrected chi connectivity index (χ0v) is 13.6. The molecule has 1 aromatic heterocycles. The van der Waals surface area contributed by atoms with Crippen LogP contribution in [0.1, 0.15) is 24.6 Å². The number of thiophene rings is 1. The fraction of sp³-hybridized carbons (Fsp3) is 0.294. The smallest absolute Gasteiger partial charge is 0.306 e. The number of anilines is 1. The molecule has 2 rings (SSSR count). The number of esters is 1. The van der Waals surface area contributed by atoms with Gasteiger partial charge in [-0.05, 0) is 55.5 Å². The van der Waals surface area contributed by atoms with Gasteiger partial charge in [-0.1, -0.05) is 6.07 Å². The summed E-state index contributed by atoms with van der Waals surface area (Å²) in [5.74, 6) is -1.22. The Morgan fingerprint density at radius 2 is 2.00 bits per heavy atom. The number of rotatable bonds is 7. The van der Waals surface area contributed by atoms with Gasteiger partial charge < -0.3 is 10.1 Å². The Balaban J connectivity index is 1.71. The highest BCUT2D eigenvalue weighted by molar-refractivity contribution is 7.09. The summed E-state index contributed by atoms with van der Waals surface area (Å²) in [7, 11) is 0.